The second-order valence-electron chi connectivity index (χ2n) is 4.39. The molecule has 2 nitrogen and oxygen atoms in total. The molecule has 0 spiro atoms. The van der Waals surface area contributed by atoms with E-state index in [0.717, 1.165) is 17.8 Å². The van der Waals surface area contributed by atoms with Crippen LogP contribution in [0.1, 0.15) is 16.8 Å². The van der Waals surface area contributed by atoms with Crippen molar-refractivity contribution in [1.29, 1.82) is 0 Å². The summed E-state index contributed by atoms with van der Waals surface area (Å²) in [7, 11) is 0. The third-order valence-corrected chi connectivity index (χ3v) is 3.20. The summed E-state index contributed by atoms with van der Waals surface area (Å²) in [5, 5.41) is 0.0373. The zero-order chi connectivity index (χ0) is 14.8. The summed E-state index contributed by atoms with van der Waals surface area (Å²) in [6.45, 7) is 0. The maximum absolute atomic E-state index is 12.5. The van der Waals surface area contributed by atoms with Crippen LogP contribution in [0.5, 0.6) is 0 Å². The molecule has 0 saturated carbocycles. The van der Waals surface area contributed by atoms with E-state index in [-0.39, 0.29) is 5.02 Å². The van der Waals surface area contributed by atoms with E-state index in [4.69, 9.17) is 17.3 Å². The van der Waals surface area contributed by atoms with E-state index in [0.29, 0.717) is 24.2 Å². The fourth-order valence-electron chi connectivity index (χ4n) is 1.75. The van der Waals surface area contributed by atoms with Gasteiger partial charge in [-0.25, -0.2) is 0 Å². The molecule has 1 aromatic heterocycles. The van der Waals surface area contributed by atoms with Crippen LogP contribution in [0.4, 0.5) is 18.9 Å². The number of rotatable bonds is 3. The van der Waals surface area contributed by atoms with Crippen LogP contribution in [-0.2, 0) is 19.0 Å². The molecule has 0 atom stereocenters. The van der Waals surface area contributed by atoms with E-state index in [1.807, 2.05) is 12.1 Å². The van der Waals surface area contributed by atoms with Gasteiger partial charge in [-0.2, -0.15) is 13.2 Å². The molecule has 0 aliphatic rings. The van der Waals surface area contributed by atoms with Crippen LogP contribution in [0.3, 0.4) is 0 Å². The minimum atomic E-state index is -4.42. The predicted molar refractivity (Wildman–Crippen MR) is 72.5 cm³/mol. The monoisotopic (exact) mass is 300 g/mol. The first-order valence-electron chi connectivity index (χ1n) is 5.92. The van der Waals surface area contributed by atoms with Gasteiger partial charge < -0.3 is 5.73 Å². The minimum Gasteiger partial charge on any atom is -0.399 e. The molecular weight excluding hydrogens is 289 g/mol. The quantitative estimate of drug-likeness (QED) is 0.866. The molecule has 0 radical (unpaired) electrons. The van der Waals surface area contributed by atoms with Crippen molar-refractivity contribution in [1.82, 2.24) is 4.98 Å². The minimum absolute atomic E-state index is 0.0373. The van der Waals surface area contributed by atoms with Crippen molar-refractivity contribution in [2.24, 2.45) is 0 Å². The largest absolute Gasteiger partial charge is 0.417 e. The lowest BCUT2D eigenvalue weighted by atomic mass is 10.1. The number of anilines is 1. The molecule has 0 bridgehead atoms. The smallest absolute Gasteiger partial charge is 0.399 e. The molecular formula is C14H12ClF3N2. The Morgan fingerprint density at radius 3 is 2.30 bits per heavy atom. The first-order chi connectivity index (χ1) is 9.36. The van der Waals surface area contributed by atoms with E-state index in [1.165, 1.54) is 0 Å². The SMILES string of the molecule is Nc1ccc(CCc2ncc(C(F)(F)F)cc2Cl)cc1. The lowest BCUT2D eigenvalue weighted by molar-refractivity contribution is -0.137. The molecule has 0 amide bonds. The standard InChI is InChI=1S/C14H12ClF3N2/c15-12-7-10(14(16,17)18)8-20-13(12)6-3-9-1-4-11(19)5-2-9/h1-2,4-5,7-8H,3,6,19H2. The number of nitrogens with two attached hydrogens (primary N) is 1. The van der Waals surface area contributed by atoms with Gasteiger partial charge in [-0.1, -0.05) is 23.7 Å². The maximum atomic E-state index is 12.5. The van der Waals surface area contributed by atoms with Crippen molar-refractivity contribution >= 4 is 17.3 Å². The van der Waals surface area contributed by atoms with Crippen molar-refractivity contribution in [3.8, 4) is 0 Å². The average molecular weight is 301 g/mol. The lowest BCUT2D eigenvalue weighted by Gasteiger charge is -2.09. The van der Waals surface area contributed by atoms with Gasteiger partial charge in [-0.15, -0.1) is 0 Å². The fourth-order valence-corrected chi connectivity index (χ4v) is 2.01. The van der Waals surface area contributed by atoms with Crippen LogP contribution in [-0.4, -0.2) is 4.98 Å². The van der Waals surface area contributed by atoms with Crippen molar-refractivity contribution in [3.05, 3.63) is 58.4 Å². The van der Waals surface area contributed by atoms with Crippen molar-refractivity contribution in [2.75, 3.05) is 5.73 Å². The molecule has 2 N–H and O–H groups in total. The Labute approximate surface area is 119 Å². The van der Waals surface area contributed by atoms with Crippen LogP contribution in [0, 0.1) is 0 Å². The van der Waals surface area contributed by atoms with Gasteiger partial charge in [0.1, 0.15) is 0 Å². The number of aromatic nitrogens is 1. The van der Waals surface area contributed by atoms with E-state index in [9.17, 15) is 13.2 Å². The molecule has 0 unspecified atom stereocenters. The predicted octanol–water partition coefficient (Wildman–Crippen LogP) is 4.12. The normalized spacial score (nSPS) is 11.6. The highest BCUT2D eigenvalue weighted by Crippen LogP contribution is 2.31. The molecule has 0 fully saturated rings. The molecule has 6 heteroatoms. The topological polar surface area (TPSA) is 38.9 Å². The summed E-state index contributed by atoms with van der Waals surface area (Å²) in [4.78, 5) is 3.80. The Kier molecular flexibility index (Phi) is 4.18. The Morgan fingerprint density at radius 2 is 1.75 bits per heavy atom. The van der Waals surface area contributed by atoms with Gasteiger partial charge in [0.2, 0.25) is 0 Å². The first-order valence-corrected chi connectivity index (χ1v) is 6.30. The number of nitrogen functional groups attached to an aromatic ring is 1. The number of nitrogens with zero attached hydrogens (tertiary/aromatic N) is 1. The Hall–Kier alpha value is -1.75. The van der Waals surface area contributed by atoms with E-state index in [2.05, 4.69) is 4.98 Å². The number of hydrogen-bond donors (Lipinski definition) is 1. The molecule has 1 aromatic carbocycles. The summed E-state index contributed by atoms with van der Waals surface area (Å²) in [5.74, 6) is 0. The van der Waals surface area contributed by atoms with Crippen LogP contribution in [0.15, 0.2) is 36.5 Å². The van der Waals surface area contributed by atoms with Gasteiger partial charge in [0, 0.05) is 11.9 Å². The van der Waals surface area contributed by atoms with Crippen LogP contribution in [0.25, 0.3) is 0 Å². The number of alkyl halides is 3. The zero-order valence-electron chi connectivity index (χ0n) is 10.4. The van der Waals surface area contributed by atoms with E-state index in [1.54, 1.807) is 12.1 Å². The third kappa shape index (κ3) is 3.63. The molecule has 1 heterocycles. The van der Waals surface area contributed by atoms with Gasteiger partial charge in [0.05, 0.1) is 16.3 Å². The number of halogens is 4. The van der Waals surface area contributed by atoms with Crippen molar-refractivity contribution < 1.29 is 13.2 Å². The van der Waals surface area contributed by atoms with E-state index >= 15 is 0 Å². The summed E-state index contributed by atoms with van der Waals surface area (Å²) >= 11 is 5.84. The second-order valence-corrected chi connectivity index (χ2v) is 4.80. The highest BCUT2D eigenvalue weighted by atomic mass is 35.5. The molecule has 2 aromatic rings. The van der Waals surface area contributed by atoms with Gasteiger partial charge in [-0.3, -0.25) is 4.98 Å². The Bertz CT molecular complexity index is 594. The van der Waals surface area contributed by atoms with Gasteiger partial charge in [0.15, 0.2) is 0 Å². The summed E-state index contributed by atoms with van der Waals surface area (Å²) in [6, 6.07) is 8.20. The first kappa shape index (κ1) is 14.7. The molecule has 2 rings (SSSR count). The van der Waals surface area contributed by atoms with E-state index < -0.39 is 11.7 Å². The summed E-state index contributed by atoms with van der Waals surface area (Å²) < 4.78 is 37.4. The van der Waals surface area contributed by atoms with Crippen LogP contribution in [0.2, 0.25) is 5.02 Å². The number of hydrogen-bond acceptors (Lipinski definition) is 2. The van der Waals surface area contributed by atoms with Gasteiger partial charge in [-0.05, 0) is 36.6 Å². The molecule has 20 heavy (non-hydrogen) atoms. The highest BCUT2D eigenvalue weighted by Gasteiger charge is 2.31. The highest BCUT2D eigenvalue weighted by molar-refractivity contribution is 6.31. The molecule has 106 valence electrons. The van der Waals surface area contributed by atoms with Crippen LogP contribution >= 0.6 is 11.6 Å². The van der Waals surface area contributed by atoms with Gasteiger partial charge >= 0.3 is 6.18 Å². The summed E-state index contributed by atoms with van der Waals surface area (Å²) in [5.41, 5.74) is 6.89. The second kappa shape index (κ2) is 5.71. The lowest BCUT2D eigenvalue weighted by Crippen LogP contribution is -2.07. The molecule has 0 aliphatic heterocycles. The molecule has 0 aliphatic carbocycles. The van der Waals surface area contributed by atoms with Crippen LogP contribution < -0.4 is 5.73 Å². The molecule has 0 saturated heterocycles. The fraction of sp³-hybridized carbons (Fsp3) is 0.214. The number of aryl methyl sites for hydroxylation is 2. The van der Waals surface area contributed by atoms with Gasteiger partial charge in [0.25, 0.3) is 0 Å². The third-order valence-electron chi connectivity index (χ3n) is 2.87. The zero-order valence-corrected chi connectivity index (χ0v) is 11.2. The maximum Gasteiger partial charge on any atom is 0.417 e. The Morgan fingerprint density at radius 1 is 1.10 bits per heavy atom. The Balaban J connectivity index is 2.08. The number of benzene rings is 1. The summed E-state index contributed by atoms with van der Waals surface area (Å²) in [6.07, 6.45) is -2.50. The average Bonchev–Trinajstić information content (AvgIpc) is 2.38. The van der Waals surface area contributed by atoms with Crippen molar-refractivity contribution in [3.63, 3.8) is 0 Å². The number of pyridine rings is 1. The van der Waals surface area contributed by atoms with Crippen molar-refractivity contribution in [2.45, 2.75) is 19.0 Å².